The van der Waals surface area contributed by atoms with Gasteiger partial charge in [-0.05, 0) is 12.5 Å². The highest BCUT2D eigenvalue weighted by Crippen LogP contribution is 2.23. The predicted octanol–water partition coefficient (Wildman–Crippen LogP) is 3.01. The van der Waals surface area contributed by atoms with E-state index in [1.807, 2.05) is 26.0 Å². The maximum atomic E-state index is 13.7. The van der Waals surface area contributed by atoms with Crippen molar-refractivity contribution >= 4 is 0 Å². The van der Waals surface area contributed by atoms with Crippen molar-refractivity contribution in [3.05, 3.63) is 29.6 Å². The van der Waals surface area contributed by atoms with Gasteiger partial charge in [-0.1, -0.05) is 26.0 Å². The summed E-state index contributed by atoms with van der Waals surface area (Å²) in [7, 11) is 0. The summed E-state index contributed by atoms with van der Waals surface area (Å²) in [6, 6.07) is 7.28. The van der Waals surface area contributed by atoms with Gasteiger partial charge in [0.2, 0.25) is 0 Å². The van der Waals surface area contributed by atoms with Crippen molar-refractivity contribution in [3.63, 3.8) is 0 Å². The van der Waals surface area contributed by atoms with Crippen molar-refractivity contribution < 1.29 is 9.13 Å². The van der Waals surface area contributed by atoms with Gasteiger partial charge in [-0.15, -0.1) is 0 Å². The van der Waals surface area contributed by atoms with Crippen LogP contribution in [0.15, 0.2) is 18.2 Å². The van der Waals surface area contributed by atoms with Gasteiger partial charge in [-0.25, -0.2) is 4.39 Å². The Kier molecular flexibility index (Phi) is 6.16. The lowest BCUT2D eigenvalue weighted by Crippen LogP contribution is -2.22. The first-order valence-corrected chi connectivity index (χ1v) is 6.15. The van der Waals surface area contributed by atoms with Crippen molar-refractivity contribution in [3.8, 4) is 11.8 Å². The first-order valence-electron chi connectivity index (χ1n) is 6.15. The summed E-state index contributed by atoms with van der Waals surface area (Å²) in [5.74, 6) is -0.0568. The van der Waals surface area contributed by atoms with Crippen molar-refractivity contribution in [1.82, 2.24) is 5.32 Å². The van der Waals surface area contributed by atoms with Gasteiger partial charge in [-0.3, -0.25) is 0 Å². The molecule has 0 saturated carbocycles. The number of hydrogen-bond donors (Lipinski definition) is 1. The number of nitrogens with one attached hydrogen (secondary N) is 1. The van der Waals surface area contributed by atoms with Gasteiger partial charge in [0, 0.05) is 24.6 Å². The summed E-state index contributed by atoms with van der Waals surface area (Å²) >= 11 is 0. The molecule has 1 aromatic carbocycles. The van der Waals surface area contributed by atoms with Gasteiger partial charge in [0.15, 0.2) is 11.6 Å². The van der Waals surface area contributed by atoms with Crippen LogP contribution in [-0.2, 0) is 6.54 Å². The molecule has 0 heterocycles. The molecule has 3 nitrogen and oxygen atoms in total. The second-order valence-corrected chi connectivity index (χ2v) is 4.37. The Morgan fingerprint density at radius 3 is 2.89 bits per heavy atom. The summed E-state index contributed by atoms with van der Waals surface area (Å²) < 4.78 is 19.1. The fourth-order valence-electron chi connectivity index (χ4n) is 1.49. The summed E-state index contributed by atoms with van der Waals surface area (Å²) in [4.78, 5) is 0. The molecule has 4 heteroatoms. The summed E-state index contributed by atoms with van der Waals surface area (Å²) in [6.45, 7) is 5.01. The smallest absolute Gasteiger partial charge is 0.165 e. The molecule has 18 heavy (non-hydrogen) atoms. The van der Waals surface area contributed by atoms with E-state index in [9.17, 15) is 4.39 Å². The molecule has 0 atom stereocenters. The van der Waals surface area contributed by atoms with Gasteiger partial charge in [0.1, 0.15) is 0 Å². The zero-order valence-electron chi connectivity index (χ0n) is 10.9. The number of halogens is 1. The van der Waals surface area contributed by atoms with Crippen LogP contribution in [0, 0.1) is 17.1 Å². The maximum absolute atomic E-state index is 13.7. The van der Waals surface area contributed by atoms with E-state index in [2.05, 4.69) is 5.32 Å². The van der Waals surface area contributed by atoms with Gasteiger partial charge >= 0.3 is 0 Å². The van der Waals surface area contributed by atoms with Crippen LogP contribution in [0.5, 0.6) is 5.75 Å². The zero-order chi connectivity index (χ0) is 13.4. The SMILES string of the molecule is CC(C)NCc1cccc(F)c1OCCCC#N. The van der Waals surface area contributed by atoms with Crippen molar-refractivity contribution in [1.29, 1.82) is 5.26 Å². The highest BCUT2D eigenvalue weighted by molar-refractivity contribution is 5.34. The van der Waals surface area contributed by atoms with Crippen LogP contribution >= 0.6 is 0 Å². The molecule has 0 aliphatic heterocycles. The van der Waals surface area contributed by atoms with E-state index in [-0.39, 0.29) is 5.82 Å². The molecule has 1 aromatic rings. The standard InChI is InChI=1S/C14H19FN2O/c1-11(2)17-10-12-6-5-7-13(15)14(12)18-9-4-3-8-16/h5-7,11,17H,3-4,9-10H2,1-2H3. The van der Waals surface area contributed by atoms with Crippen molar-refractivity contribution in [2.75, 3.05) is 6.61 Å². The second kappa shape index (κ2) is 7.67. The number of benzene rings is 1. The number of rotatable bonds is 7. The van der Waals surface area contributed by atoms with Crippen LogP contribution in [-0.4, -0.2) is 12.6 Å². The molecule has 0 aliphatic rings. The molecule has 1 rings (SSSR count). The summed E-state index contributed by atoms with van der Waals surface area (Å²) in [5, 5.41) is 11.7. The minimum atomic E-state index is -0.352. The lowest BCUT2D eigenvalue weighted by Gasteiger charge is -2.14. The van der Waals surface area contributed by atoms with Crippen LogP contribution in [0.25, 0.3) is 0 Å². The Labute approximate surface area is 108 Å². The number of para-hydroxylation sites is 1. The van der Waals surface area contributed by atoms with Gasteiger partial charge < -0.3 is 10.1 Å². The minimum absolute atomic E-state index is 0.295. The molecule has 0 bridgehead atoms. The van der Waals surface area contributed by atoms with Crippen molar-refractivity contribution in [2.24, 2.45) is 0 Å². The molecule has 1 N–H and O–H groups in total. The molecule has 0 fully saturated rings. The van der Waals surface area contributed by atoms with Crippen LogP contribution in [0.1, 0.15) is 32.3 Å². The molecule has 0 spiro atoms. The first kappa shape index (κ1) is 14.5. The number of ether oxygens (including phenoxy) is 1. The molecule has 0 aromatic heterocycles. The van der Waals surface area contributed by atoms with Crippen LogP contribution in [0.2, 0.25) is 0 Å². The lowest BCUT2D eigenvalue weighted by atomic mass is 10.2. The number of nitrogens with zero attached hydrogens (tertiary/aromatic N) is 1. The molecule has 0 unspecified atom stereocenters. The van der Waals surface area contributed by atoms with E-state index >= 15 is 0 Å². The third-order valence-corrected chi connectivity index (χ3v) is 2.43. The van der Waals surface area contributed by atoms with Gasteiger partial charge in [0.05, 0.1) is 12.7 Å². The molecule has 0 aliphatic carbocycles. The largest absolute Gasteiger partial charge is 0.490 e. The second-order valence-electron chi connectivity index (χ2n) is 4.37. The van der Waals surface area contributed by atoms with Crippen LogP contribution < -0.4 is 10.1 Å². The normalized spacial score (nSPS) is 10.4. The van der Waals surface area contributed by atoms with Gasteiger partial charge in [-0.2, -0.15) is 5.26 Å². The quantitative estimate of drug-likeness (QED) is 0.757. The number of hydrogen-bond acceptors (Lipinski definition) is 3. The van der Waals surface area contributed by atoms with E-state index in [4.69, 9.17) is 10.00 Å². The molecule has 98 valence electrons. The molecular weight excluding hydrogens is 231 g/mol. The Bertz CT molecular complexity index is 413. The first-order chi connectivity index (χ1) is 8.65. The van der Waals surface area contributed by atoms with Crippen LogP contribution in [0.4, 0.5) is 4.39 Å². The molecular formula is C14H19FN2O. The molecule has 0 amide bonds. The van der Waals surface area contributed by atoms with Gasteiger partial charge in [0.25, 0.3) is 0 Å². The molecule has 0 saturated heterocycles. The fraction of sp³-hybridized carbons (Fsp3) is 0.500. The van der Waals surface area contributed by atoms with E-state index in [1.54, 1.807) is 6.07 Å². The minimum Gasteiger partial charge on any atom is -0.490 e. The average molecular weight is 250 g/mol. The van der Waals surface area contributed by atoms with E-state index in [0.29, 0.717) is 37.8 Å². The maximum Gasteiger partial charge on any atom is 0.165 e. The fourth-order valence-corrected chi connectivity index (χ4v) is 1.49. The average Bonchev–Trinajstić information content (AvgIpc) is 2.34. The number of nitriles is 1. The third-order valence-electron chi connectivity index (χ3n) is 2.43. The van der Waals surface area contributed by atoms with E-state index < -0.39 is 0 Å². The summed E-state index contributed by atoms with van der Waals surface area (Å²) in [5.41, 5.74) is 0.806. The highest BCUT2D eigenvalue weighted by atomic mass is 19.1. The number of unbranched alkanes of at least 4 members (excludes halogenated alkanes) is 1. The summed E-state index contributed by atoms with van der Waals surface area (Å²) in [6.07, 6.45) is 1.04. The lowest BCUT2D eigenvalue weighted by molar-refractivity contribution is 0.292. The monoisotopic (exact) mass is 250 g/mol. The van der Waals surface area contributed by atoms with E-state index in [0.717, 1.165) is 5.56 Å². The van der Waals surface area contributed by atoms with E-state index in [1.165, 1.54) is 6.07 Å². The Morgan fingerprint density at radius 2 is 2.22 bits per heavy atom. The van der Waals surface area contributed by atoms with Crippen LogP contribution in [0.3, 0.4) is 0 Å². The highest BCUT2D eigenvalue weighted by Gasteiger charge is 2.09. The Balaban J connectivity index is 2.65. The van der Waals surface area contributed by atoms with Crippen molar-refractivity contribution in [2.45, 2.75) is 39.3 Å². The third kappa shape index (κ3) is 4.72. The predicted molar refractivity (Wildman–Crippen MR) is 68.7 cm³/mol. The zero-order valence-corrected chi connectivity index (χ0v) is 10.9. The topological polar surface area (TPSA) is 45.0 Å². The Hall–Kier alpha value is -1.60. The molecule has 0 radical (unpaired) electrons. The Morgan fingerprint density at radius 1 is 1.44 bits per heavy atom.